The average Bonchev–Trinajstić information content (AvgIpc) is 3.88. The average molecular weight is 771 g/mol. The molecular weight excluding hydrogens is 725 g/mol. The van der Waals surface area contributed by atoms with E-state index in [1.165, 1.54) is 104 Å². The van der Waals surface area contributed by atoms with Crippen molar-refractivity contribution in [3.63, 3.8) is 0 Å². The van der Waals surface area contributed by atoms with Gasteiger partial charge >= 0.3 is 0 Å². The third-order valence-corrected chi connectivity index (χ3v) is 15.3. The minimum absolute atomic E-state index is 0.121. The van der Waals surface area contributed by atoms with Crippen molar-refractivity contribution in [2.45, 2.75) is 37.5 Å². The van der Waals surface area contributed by atoms with Gasteiger partial charge in [-0.15, -0.1) is 0 Å². The normalized spacial score (nSPS) is 22.1. The zero-order valence-electron chi connectivity index (χ0n) is 33.7. The molecule has 13 rings (SSSR count). The molecule has 9 aromatic rings. The van der Waals surface area contributed by atoms with Gasteiger partial charge in [-0.3, -0.25) is 0 Å². The van der Waals surface area contributed by atoms with Crippen LogP contribution in [0.2, 0.25) is 0 Å². The van der Waals surface area contributed by atoms with Gasteiger partial charge in [-0.25, -0.2) is 0 Å². The van der Waals surface area contributed by atoms with E-state index in [-0.39, 0.29) is 5.41 Å². The SMILES string of the molecule is c1ccc(-c2ccc(N(c3ccc4c(c3)-c3ccccc3C43CCC4CC5CC3C5C4)c3ccc4c(c3)c3ccccc3n4-c3ccccc3)c(-c3ccccc3)c2)cc1. The van der Waals surface area contributed by atoms with Crippen molar-refractivity contribution in [1.29, 1.82) is 0 Å². The molecule has 0 amide bonds. The van der Waals surface area contributed by atoms with Gasteiger partial charge in [0, 0.05) is 38.8 Å². The van der Waals surface area contributed by atoms with E-state index in [1.807, 2.05) is 0 Å². The zero-order valence-corrected chi connectivity index (χ0v) is 33.7. The second-order valence-corrected chi connectivity index (χ2v) is 18.1. The first-order chi connectivity index (χ1) is 29.7. The fourth-order valence-electron chi connectivity index (χ4n) is 12.7. The summed E-state index contributed by atoms with van der Waals surface area (Å²) in [5.74, 6) is 3.49. The molecular formula is C58H46N2. The molecule has 2 heteroatoms. The molecule has 4 aliphatic carbocycles. The Morgan fingerprint density at radius 1 is 0.467 bits per heavy atom. The van der Waals surface area contributed by atoms with Crippen molar-refractivity contribution in [2.24, 2.45) is 23.7 Å². The minimum atomic E-state index is 0.121. The summed E-state index contributed by atoms with van der Waals surface area (Å²) in [7, 11) is 0. The van der Waals surface area contributed by atoms with Gasteiger partial charge in [0.1, 0.15) is 0 Å². The Balaban J connectivity index is 1.06. The van der Waals surface area contributed by atoms with E-state index < -0.39 is 0 Å². The van der Waals surface area contributed by atoms with Gasteiger partial charge in [0.25, 0.3) is 0 Å². The lowest BCUT2D eigenvalue weighted by Gasteiger charge is -2.52. The maximum atomic E-state index is 2.56. The van der Waals surface area contributed by atoms with Crippen LogP contribution in [0, 0.1) is 23.7 Å². The predicted molar refractivity (Wildman–Crippen MR) is 250 cm³/mol. The smallest absolute Gasteiger partial charge is 0.0542 e. The van der Waals surface area contributed by atoms with Crippen molar-refractivity contribution in [3.05, 3.63) is 205 Å². The van der Waals surface area contributed by atoms with Crippen LogP contribution in [-0.2, 0) is 5.41 Å². The minimum Gasteiger partial charge on any atom is -0.310 e. The molecule has 288 valence electrons. The number of anilines is 3. The van der Waals surface area contributed by atoms with Crippen molar-refractivity contribution in [1.82, 2.24) is 4.57 Å². The number of hydrogen-bond acceptors (Lipinski definition) is 1. The van der Waals surface area contributed by atoms with Crippen LogP contribution in [-0.4, -0.2) is 4.57 Å². The van der Waals surface area contributed by atoms with Gasteiger partial charge < -0.3 is 9.47 Å². The summed E-state index contributed by atoms with van der Waals surface area (Å²) < 4.78 is 2.42. The Labute approximate surface area is 352 Å². The molecule has 5 unspecified atom stereocenters. The molecule has 2 nitrogen and oxygen atoms in total. The predicted octanol–water partition coefficient (Wildman–Crippen LogP) is 15.3. The molecule has 0 saturated heterocycles. The van der Waals surface area contributed by atoms with Gasteiger partial charge in [0.15, 0.2) is 0 Å². The third kappa shape index (κ3) is 4.94. The Kier molecular flexibility index (Phi) is 7.52. The van der Waals surface area contributed by atoms with E-state index >= 15 is 0 Å². The Morgan fingerprint density at radius 2 is 1.15 bits per heavy atom. The molecule has 0 radical (unpaired) electrons. The topological polar surface area (TPSA) is 8.17 Å². The van der Waals surface area contributed by atoms with Crippen LogP contribution in [0.25, 0.3) is 60.9 Å². The second kappa shape index (κ2) is 13.2. The van der Waals surface area contributed by atoms with Crippen LogP contribution in [0.15, 0.2) is 194 Å². The number of hydrogen-bond donors (Lipinski definition) is 0. The van der Waals surface area contributed by atoms with Crippen LogP contribution >= 0.6 is 0 Å². The lowest BCUT2D eigenvalue weighted by Crippen LogP contribution is -2.47. The van der Waals surface area contributed by atoms with E-state index in [4.69, 9.17) is 0 Å². The lowest BCUT2D eigenvalue weighted by atomic mass is 9.51. The molecule has 3 saturated carbocycles. The Morgan fingerprint density at radius 3 is 2.00 bits per heavy atom. The zero-order chi connectivity index (χ0) is 39.4. The van der Waals surface area contributed by atoms with E-state index in [9.17, 15) is 0 Å². The van der Waals surface area contributed by atoms with Crippen molar-refractivity contribution < 1.29 is 0 Å². The fourth-order valence-corrected chi connectivity index (χ4v) is 12.7. The molecule has 2 bridgehead atoms. The van der Waals surface area contributed by atoms with E-state index in [1.54, 1.807) is 11.1 Å². The van der Waals surface area contributed by atoms with Crippen LogP contribution in [0.5, 0.6) is 0 Å². The van der Waals surface area contributed by atoms with Crippen molar-refractivity contribution in [2.75, 3.05) is 4.90 Å². The maximum absolute atomic E-state index is 2.56. The summed E-state index contributed by atoms with van der Waals surface area (Å²) in [4.78, 5) is 2.55. The lowest BCUT2D eigenvalue weighted by molar-refractivity contribution is 0.0400. The van der Waals surface area contributed by atoms with E-state index in [0.717, 1.165) is 29.4 Å². The number of para-hydroxylation sites is 2. The summed E-state index contributed by atoms with van der Waals surface area (Å²) in [5, 5.41) is 2.50. The van der Waals surface area contributed by atoms with Crippen LogP contribution in [0.3, 0.4) is 0 Å². The maximum Gasteiger partial charge on any atom is 0.0542 e. The first kappa shape index (κ1) is 34.2. The Bertz CT molecular complexity index is 3110. The fraction of sp³-hybridized carbons (Fsp3) is 0.172. The highest BCUT2D eigenvalue weighted by molar-refractivity contribution is 6.11. The van der Waals surface area contributed by atoms with Gasteiger partial charge in [-0.1, -0.05) is 133 Å². The Hall–Kier alpha value is -6.64. The van der Waals surface area contributed by atoms with Crippen LogP contribution in [0.4, 0.5) is 17.1 Å². The molecule has 8 aromatic carbocycles. The molecule has 0 aliphatic heterocycles. The highest BCUT2D eigenvalue weighted by Gasteiger charge is 2.61. The van der Waals surface area contributed by atoms with E-state index in [2.05, 4.69) is 204 Å². The van der Waals surface area contributed by atoms with E-state index in [0.29, 0.717) is 0 Å². The second-order valence-electron chi connectivity index (χ2n) is 18.1. The van der Waals surface area contributed by atoms with Gasteiger partial charge in [0.05, 0.1) is 16.7 Å². The van der Waals surface area contributed by atoms with Crippen LogP contribution < -0.4 is 4.90 Å². The number of benzene rings is 8. The monoisotopic (exact) mass is 770 g/mol. The third-order valence-electron chi connectivity index (χ3n) is 15.3. The standard InChI is InChI=1S/C58H46N2/c1-4-14-39(15-5-1)41-24-28-56(49(34-41)40-16-6-2-7-17-40)59(45-26-29-57-51(37-45)47-21-11-13-23-55(47)60(57)43-18-8-3-9-19-43)44-25-27-53-50(36-44)46-20-10-12-22-52(46)58(53)31-30-38-32-42-35-54(58)48(42)33-38/h1-29,34,36-38,42,48,54H,30-33,35H2. The molecule has 60 heavy (non-hydrogen) atoms. The molecule has 0 N–H and O–H groups in total. The van der Waals surface area contributed by atoms with Gasteiger partial charge in [0.2, 0.25) is 0 Å². The molecule has 4 aliphatic rings. The highest BCUT2D eigenvalue weighted by Crippen LogP contribution is 2.69. The number of fused-ring (bicyclic) bond motifs is 10. The molecule has 1 aromatic heterocycles. The summed E-state index contributed by atoms with van der Waals surface area (Å²) >= 11 is 0. The molecule has 1 spiro atoms. The number of nitrogens with zero attached hydrogens (tertiary/aromatic N) is 2. The summed E-state index contributed by atoms with van der Waals surface area (Å²) in [6.45, 7) is 0. The van der Waals surface area contributed by atoms with Crippen LogP contribution in [0.1, 0.15) is 43.2 Å². The summed E-state index contributed by atoms with van der Waals surface area (Å²) in [6.07, 6.45) is 6.95. The number of aromatic nitrogens is 1. The van der Waals surface area contributed by atoms with Gasteiger partial charge in [-0.2, -0.15) is 0 Å². The molecule has 1 heterocycles. The largest absolute Gasteiger partial charge is 0.310 e. The molecule has 3 fully saturated rings. The van der Waals surface area contributed by atoms with Gasteiger partial charge in [-0.05, 0) is 155 Å². The van der Waals surface area contributed by atoms with Crippen molar-refractivity contribution >= 4 is 38.9 Å². The van der Waals surface area contributed by atoms with Crippen molar-refractivity contribution in [3.8, 4) is 39.1 Å². The first-order valence-electron chi connectivity index (χ1n) is 22.1. The summed E-state index contributed by atoms with van der Waals surface area (Å²) in [6, 6.07) is 72.7. The quantitative estimate of drug-likeness (QED) is 0.163. The molecule has 5 atom stereocenters. The highest BCUT2D eigenvalue weighted by atomic mass is 15.1. The first-order valence-corrected chi connectivity index (χ1v) is 22.1. The number of rotatable bonds is 6. The summed E-state index contributed by atoms with van der Waals surface area (Å²) in [5.41, 5.74) is 18.1.